The van der Waals surface area contributed by atoms with Crippen molar-refractivity contribution in [2.24, 2.45) is 11.8 Å². The molecular formula is C13H19ClN2O3S. The van der Waals surface area contributed by atoms with Gasteiger partial charge < -0.3 is 4.74 Å². The number of hydrogen-bond acceptors (Lipinski definition) is 5. The lowest BCUT2D eigenvalue weighted by molar-refractivity contribution is 0.371. The summed E-state index contributed by atoms with van der Waals surface area (Å²) >= 11 is 6.00. The Bertz CT molecular complexity index is 577. The number of hydrogen-bond donors (Lipinski definition) is 2. The highest BCUT2D eigenvalue weighted by Gasteiger charge is 2.33. The van der Waals surface area contributed by atoms with Crippen LogP contribution in [0.1, 0.15) is 12.0 Å². The van der Waals surface area contributed by atoms with Gasteiger partial charge in [0, 0.05) is 11.1 Å². The van der Waals surface area contributed by atoms with Crippen molar-refractivity contribution in [2.75, 3.05) is 18.6 Å². The molecule has 20 heavy (non-hydrogen) atoms. The number of methoxy groups -OCH3 is 1. The van der Waals surface area contributed by atoms with Gasteiger partial charge in [0.05, 0.1) is 18.6 Å². The number of rotatable bonds is 5. The van der Waals surface area contributed by atoms with E-state index in [1.807, 2.05) is 6.07 Å². The van der Waals surface area contributed by atoms with Crippen LogP contribution in [0.2, 0.25) is 5.02 Å². The minimum absolute atomic E-state index is 0.0219. The predicted octanol–water partition coefficient (Wildman–Crippen LogP) is 1.16. The molecule has 3 N–H and O–H groups in total. The molecule has 5 nitrogen and oxygen atoms in total. The van der Waals surface area contributed by atoms with Crippen molar-refractivity contribution in [3.05, 3.63) is 28.8 Å². The molecule has 2 atom stereocenters. The number of benzene rings is 1. The summed E-state index contributed by atoms with van der Waals surface area (Å²) in [5.41, 5.74) is 3.66. The van der Waals surface area contributed by atoms with E-state index in [2.05, 4.69) is 5.43 Å². The van der Waals surface area contributed by atoms with Gasteiger partial charge in [-0.15, -0.1) is 0 Å². The molecule has 0 bridgehead atoms. The minimum atomic E-state index is -2.92. The molecule has 0 spiro atoms. The predicted molar refractivity (Wildman–Crippen MR) is 79.6 cm³/mol. The van der Waals surface area contributed by atoms with E-state index in [1.165, 1.54) is 0 Å². The third-order valence-electron chi connectivity index (χ3n) is 3.73. The first-order chi connectivity index (χ1) is 9.45. The molecule has 1 aliphatic heterocycles. The van der Waals surface area contributed by atoms with E-state index in [1.54, 1.807) is 19.2 Å². The summed E-state index contributed by atoms with van der Waals surface area (Å²) in [6.07, 6.45) is 1.22. The van der Waals surface area contributed by atoms with Gasteiger partial charge in [0.25, 0.3) is 0 Å². The third-order valence-corrected chi connectivity index (χ3v) is 5.76. The summed E-state index contributed by atoms with van der Waals surface area (Å²) < 4.78 is 28.5. The van der Waals surface area contributed by atoms with Crippen molar-refractivity contribution < 1.29 is 13.2 Å². The van der Waals surface area contributed by atoms with E-state index in [4.69, 9.17) is 22.2 Å². The molecule has 0 saturated carbocycles. The van der Waals surface area contributed by atoms with E-state index in [9.17, 15) is 8.42 Å². The van der Waals surface area contributed by atoms with Gasteiger partial charge in [0.15, 0.2) is 9.84 Å². The van der Waals surface area contributed by atoms with Crippen molar-refractivity contribution >= 4 is 21.4 Å². The number of ether oxygens (including phenoxy) is 1. The monoisotopic (exact) mass is 318 g/mol. The molecule has 112 valence electrons. The van der Waals surface area contributed by atoms with Crippen molar-refractivity contribution in [3.63, 3.8) is 0 Å². The van der Waals surface area contributed by atoms with E-state index in [0.29, 0.717) is 17.9 Å². The molecule has 0 amide bonds. The largest absolute Gasteiger partial charge is 0.496 e. The SMILES string of the molecule is COc1ccc(Cl)cc1CC(NN)C1CCS(=O)(=O)C1. The molecule has 1 heterocycles. The van der Waals surface area contributed by atoms with Gasteiger partial charge in [-0.1, -0.05) is 11.6 Å². The maximum atomic E-state index is 11.6. The van der Waals surface area contributed by atoms with Crippen molar-refractivity contribution in [1.29, 1.82) is 0 Å². The Morgan fingerprint density at radius 3 is 2.85 bits per heavy atom. The standard InChI is InChI=1S/C13H19ClN2O3S/c1-19-13-3-2-11(14)6-10(13)7-12(16-15)9-4-5-20(17,18)8-9/h2-3,6,9,12,16H,4-5,7-8,15H2,1H3. The minimum Gasteiger partial charge on any atom is -0.496 e. The zero-order valence-corrected chi connectivity index (χ0v) is 12.9. The number of halogens is 1. The number of hydrazine groups is 1. The van der Waals surface area contributed by atoms with Gasteiger partial charge in [-0.25, -0.2) is 8.42 Å². The Hall–Kier alpha value is -0.820. The molecule has 0 aromatic heterocycles. The molecule has 1 aromatic rings. The highest BCUT2D eigenvalue weighted by atomic mass is 35.5. The summed E-state index contributed by atoms with van der Waals surface area (Å²) in [5.74, 6) is 6.78. The van der Waals surface area contributed by atoms with Crippen molar-refractivity contribution in [1.82, 2.24) is 5.43 Å². The van der Waals surface area contributed by atoms with Crippen LogP contribution in [0.25, 0.3) is 0 Å². The van der Waals surface area contributed by atoms with Gasteiger partial charge >= 0.3 is 0 Å². The van der Waals surface area contributed by atoms with Crippen LogP contribution in [0.5, 0.6) is 5.75 Å². The molecular weight excluding hydrogens is 300 g/mol. The molecule has 1 saturated heterocycles. The Labute approximate surface area is 124 Å². The van der Waals surface area contributed by atoms with Crippen LogP contribution in [0.3, 0.4) is 0 Å². The molecule has 1 aromatic carbocycles. The fourth-order valence-electron chi connectivity index (χ4n) is 2.65. The highest BCUT2D eigenvalue weighted by Crippen LogP contribution is 2.28. The number of nitrogens with one attached hydrogen (secondary N) is 1. The second-order valence-electron chi connectivity index (χ2n) is 5.10. The molecule has 1 fully saturated rings. The average Bonchev–Trinajstić information content (AvgIpc) is 2.76. The maximum Gasteiger partial charge on any atom is 0.150 e. The summed E-state index contributed by atoms with van der Waals surface area (Å²) in [6.45, 7) is 0. The third kappa shape index (κ3) is 3.63. The summed E-state index contributed by atoms with van der Waals surface area (Å²) in [4.78, 5) is 0. The topological polar surface area (TPSA) is 81.4 Å². The Morgan fingerprint density at radius 2 is 2.30 bits per heavy atom. The normalized spacial score (nSPS) is 22.6. The fraction of sp³-hybridized carbons (Fsp3) is 0.538. The van der Waals surface area contributed by atoms with Crippen molar-refractivity contribution in [2.45, 2.75) is 18.9 Å². The van der Waals surface area contributed by atoms with E-state index < -0.39 is 9.84 Å². The van der Waals surface area contributed by atoms with E-state index in [0.717, 1.165) is 11.3 Å². The summed E-state index contributed by atoms with van der Waals surface area (Å²) in [6, 6.07) is 5.28. The van der Waals surface area contributed by atoms with Crippen LogP contribution in [0, 0.1) is 5.92 Å². The van der Waals surface area contributed by atoms with Crippen molar-refractivity contribution in [3.8, 4) is 5.75 Å². The van der Waals surface area contributed by atoms with Crippen LogP contribution in [-0.2, 0) is 16.3 Å². The first kappa shape index (κ1) is 15.6. The number of sulfone groups is 1. The quantitative estimate of drug-likeness (QED) is 0.629. The van der Waals surface area contributed by atoms with Crippen LogP contribution >= 0.6 is 11.6 Å². The molecule has 2 rings (SSSR count). The van der Waals surface area contributed by atoms with Gasteiger partial charge in [-0.3, -0.25) is 11.3 Å². The van der Waals surface area contributed by atoms with Crippen LogP contribution < -0.4 is 16.0 Å². The van der Waals surface area contributed by atoms with E-state index >= 15 is 0 Å². The first-order valence-electron chi connectivity index (χ1n) is 6.44. The van der Waals surface area contributed by atoms with Gasteiger partial charge in [0.2, 0.25) is 0 Å². The Balaban J connectivity index is 2.16. The summed E-state index contributed by atoms with van der Waals surface area (Å²) in [5, 5.41) is 0.621. The van der Waals surface area contributed by atoms with E-state index in [-0.39, 0.29) is 23.5 Å². The molecule has 1 aliphatic rings. The van der Waals surface area contributed by atoms with Gasteiger partial charge in [-0.05, 0) is 42.5 Å². The molecule has 0 radical (unpaired) electrons. The Morgan fingerprint density at radius 1 is 1.55 bits per heavy atom. The lowest BCUT2D eigenvalue weighted by Gasteiger charge is -2.22. The lowest BCUT2D eigenvalue weighted by atomic mass is 9.93. The molecule has 7 heteroatoms. The zero-order chi connectivity index (χ0) is 14.8. The molecule has 0 aliphatic carbocycles. The Kier molecular flexibility index (Phi) is 4.90. The molecule has 2 unspecified atom stereocenters. The number of nitrogens with two attached hydrogens (primary N) is 1. The average molecular weight is 319 g/mol. The second-order valence-corrected chi connectivity index (χ2v) is 7.76. The van der Waals surface area contributed by atoms with Gasteiger partial charge in [0.1, 0.15) is 5.75 Å². The maximum absolute atomic E-state index is 11.6. The van der Waals surface area contributed by atoms with Crippen LogP contribution in [0.4, 0.5) is 0 Å². The summed E-state index contributed by atoms with van der Waals surface area (Å²) in [7, 11) is -1.32. The smallest absolute Gasteiger partial charge is 0.150 e. The highest BCUT2D eigenvalue weighted by molar-refractivity contribution is 7.91. The lowest BCUT2D eigenvalue weighted by Crippen LogP contribution is -2.43. The van der Waals surface area contributed by atoms with Crippen LogP contribution in [-0.4, -0.2) is 33.1 Å². The zero-order valence-electron chi connectivity index (χ0n) is 11.3. The van der Waals surface area contributed by atoms with Gasteiger partial charge in [-0.2, -0.15) is 0 Å². The van der Waals surface area contributed by atoms with Crippen LogP contribution in [0.15, 0.2) is 18.2 Å². The first-order valence-corrected chi connectivity index (χ1v) is 8.64. The fourth-order valence-corrected chi connectivity index (χ4v) is 4.72. The second kappa shape index (κ2) is 6.30.